The van der Waals surface area contributed by atoms with Gasteiger partial charge in [-0.1, -0.05) is 11.6 Å². The fraction of sp³-hybridized carbons (Fsp3) is 0.391. The van der Waals surface area contributed by atoms with Crippen LogP contribution in [0.1, 0.15) is 6.42 Å². The van der Waals surface area contributed by atoms with Crippen LogP contribution in [-0.4, -0.2) is 72.6 Å². The van der Waals surface area contributed by atoms with Gasteiger partial charge in [0, 0.05) is 36.8 Å². The monoisotopic (exact) mass is 476 g/mol. The van der Waals surface area contributed by atoms with E-state index in [1.807, 2.05) is 6.07 Å². The number of aliphatic hydroxyl groups excluding tert-OH is 1. The van der Waals surface area contributed by atoms with Gasteiger partial charge in [-0.25, -0.2) is 14.4 Å². The van der Waals surface area contributed by atoms with Crippen LogP contribution in [0.15, 0.2) is 36.7 Å². The van der Waals surface area contributed by atoms with Gasteiger partial charge in [-0.2, -0.15) is 0 Å². The second-order valence-electron chi connectivity index (χ2n) is 7.67. The maximum absolute atomic E-state index is 13.5. The van der Waals surface area contributed by atoms with Gasteiger partial charge in [-0.05, 0) is 30.7 Å². The number of morpholine rings is 1. The Bertz CT molecular complexity index is 1100. The average molecular weight is 477 g/mol. The number of aromatic nitrogens is 2. The second-order valence-corrected chi connectivity index (χ2v) is 8.08. The third-order valence-electron chi connectivity index (χ3n) is 5.41. The van der Waals surface area contributed by atoms with Gasteiger partial charge < -0.3 is 24.6 Å². The van der Waals surface area contributed by atoms with E-state index in [0.717, 1.165) is 31.4 Å². The molecule has 33 heavy (non-hydrogen) atoms. The summed E-state index contributed by atoms with van der Waals surface area (Å²) in [7, 11) is 1.58. The molecule has 0 aliphatic carbocycles. The highest BCUT2D eigenvalue weighted by Crippen LogP contribution is 2.35. The third-order valence-corrected chi connectivity index (χ3v) is 5.70. The van der Waals surface area contributed by atoms with Crippen LogP contribution in [0.25, 0.3) is 10.9 Å². The Hall–Kier alpha value is -2.72. The van der Waals surface area contributed by atoms with Crippen molar-refractivity contribution in [1.29, 1.82) is 0 Å². The Morgan fingerprint density at radius 1 is 1.27 bits per heavy atom. The molecule has 1 aromatic heterocycles. The van der Waals surface area contributed by atoms with E-state index in [0.29, 0.717) is 41.7 Å². The van der Waals surface area contributed by atoms with Crippen molar-refractivity contribution in [2.75, 3.05) is 51.9 Å². The van der Waals surface area contributed by atoms with E-state index in [2.05, 4.69) is 20.2 Å². The van der Waals surface area contributed by atoms with Crippen LogP contribution in [0.3, 0.4) is 0 Å². The van der Waals surface area contributed by atoms with Gasteiger partial charge in [-0.3, -0.25) is 4.90 Å². The Morgan fingerprint density at radius 3 is 2.94 bits per heavy atom. The number of aliphatic hydroxyl groups is 1. The highest BCUT2D eigenvalue weighted by atomic mass is 35.5. The number of benzene rings is 2. The summed E-state index contributed by atoms with van der Waals surface area (Å²) in [6, 6.07) is 8.01. The smallest absolute Gasteiger partial charge is 0.162 e. The molecule has 4 rings (SSSR count). The van der Waals surface area contributed by atoms with Gasteiger partial charge in [0.25, 0.3) is 0 Å². The van der Waals surface area contributed by atoms with E-state index >= 15 is 0 Å². The number of hydrogen-bond donors (Lipinski definition) is 2. The molecule has 2 heterocycles. The molecule has 8 nitrogen and oxygen atoms in total. The maximum atomic E-state index is 13.5. The molecule has 0 saturated carbocycles. The lowest BCUT2D eigenvalue weighted by Gasteiger charge is -2.31. The summed E-state index contributed by atoms with van der Waals surface area (Å²) in [5, 5.41) is 13.2. The zero-order chi connectivity index (χ0) is 23.2. The summed E-state index contributed by atoms with van der Waals surface area (Å²) < 4.78 is 30.5. The molecule has 0 radical (unpaired) electrons. The van der Waals surface area contributed by atoms with E-state index < -0.39 is 5.82 Å². The molecule has 0 spiro atoms. The minimum atomic E-state index is -0.487. The third kappa shape index (κ3) is 5.80. The summed E-state index contributed by atoms with van der Waals surface area (Å²) in [4.78, 5) is 10.9. The highest BCUT2D eigenvalue weighted by molar-refractivity contribution is 6.31. The van der Waals surface area contributed by atoms with Crippen molar-refractivity contribution >= 4 is 34.0 Å². The summed E-state index contributed by atoms with van der Waals surface area (Å²) in [5.74, 6) is 1.21. The van der Waals surface area contributed by atoms with Crippen LogP contribution < -0.4 is 14.8 Å². The van der Waals surface area contributed by atoms with Crippen LogP contribution in [0.4, 0.5) is 15.9 Å². The lowest BCUT2D eigenvalue weighted by Crippen LogP contribution is -2.44. The number of rotatable bonds is 9. The average Bonchev–Trinajstić information content (AvgIpc) is 2.84. The molecule has 1 fully saturated rings. The first-order valence-corrected chi connectivity index (χ1v) is 11.1. The fourth-order valence-electron chi connectivity index (χ4n) is 3.71. The van der Waals surface area contributed by atoms with Crippen molar-refractivity contribution in [3.63, 3.8) is 0 Å². The zero-order valence-electron chi connectivity index (χ0n) is 18.3. The molecule has 0 amide bonds. The van der Waals surface area contributed by atoms with E-state index in [9.17, 15) is 9.50 Å². The van der Waals surface area contributed by atoms with Crippen LogP contribution in [0.2, 0.25) is 5.02 Å². The topological polar surface area (TPSA) is 89.0 Å². The van der Waals surface area contributed by atoms with Crippen LogP contribution in [-0.2, 0) is 4.74 Å². The lowest BCUT2D eigenvalue weighted by molar-refractivity contribution is -0.0533. The number of methoxy groups -OCH3 is 1. The van der Waals surface area contributed by atoms with Crippen LogP contribution in [0, 0.1) is 5.82 Å². The predicted molar refractivity (Wildman–Crippen MR) is 124 cm³/mol. The first-order valence-electron chi connectivity index (χ1n) is 10.7. The molecule has 1 atom stereocenters. The molecular weight excluding hydrogens is 451 g/mol. The quantitative estimate of drug-likeness (QED) is 0.452. The molecule has 0 unspecified atom stereocenters. The number of nitrogens with zero attached hydrogens (tertiary/aromatic N) is 3. The predicted octanol–water partition coefficient (Wildman–Crippen LogP) is 3.64. The van der Waals surface area contributed by atoms with Crippen molar-refractivity contribution < 1.29 is 23.7 Å². The van der Waals surface area contributed by atoms with E-state index in [1.165, 1.54) is 18.5 Å². The molecule has 0 bridgehead atoms. The van der Waals surface area contributed by atoms with E-state index in [4.69, 9.17) is 25.8 Å². The van der Waals surface area contributed by atoms with Crippen LogP contribution >= 0.6 is 11.6 Å². The Morgan fingerprint density at radius 2 is 2.15 bits per heavy atom. The van der Waals surface area contributed by atoms with Crippen LogP contribution in [0.5, 0.6) is 11.5 Å². The van der Waals surface area contributed by atoms with Crippen molar-refractivity contribution in [2.24, 2.45) is 0 Å². The van der Waals surface area contributed by atoms with Gasteiger partial charge in [0.1, 0.15) is 18.0 Å². The van der Waals surface area contributed by atoms with Crippen molar-refractivity contribution in [3.05, 3.63) is 47.5 Å². The Labute approximate surface area is 196 Å². The minimum absolute atomic E-state index is 0.0228. The summed E-state index contributed by atoms with van der Waals surface area (Å²) >= 11 is 5.90. The number of hydrogen-bond acceptors (Lipinski definition) is 8. The second kappa shape index (κ2) is 10.9. The molecule has 2 N–H and O–H groups in total. The number of halogens is 2. The molecule has 10 heteroatoms. The number of anilines is 2. The van der Waals surface area contributed by atoms with Gasteiger partial charge >= 0.3 is 0 Å². The summed E-state index contributed by atoms with van der Waals surface area (Å²) in [6.07, 6.45) is 2.13. The first-order chi connectivity index (χ1) is 16.1. The normalized spacial score (nSPS) is 16.7. The molecule has 1 aliphatic heterocycles. The molecule has 1 aliphatic rings. The van der Waals surface area contributed by atoms with Crippen molar-refractivity contribution in [2.45, 2.75) is 12.5 Å². The molecule has 2 aromatic carbocycles. The summed E-state index contributed by atoms with van der Waals surface area (Å²) in [5.41, 5.74) is 1.28. The number of ether oxygens (including phenoxy) is 3. The maximum Gasteiger partial charge on any atom is 0.162 e. The molecule has 1 saturated heterocycles. The van der Waals surface area contributed by atoms with E-state index in [1.54, 1.807) is 19.2 Å². The Kier molecular flexibility index (Phi) is 7.77. The van der Waals surface area contributed by atoms with Gasteiger partial charge in [0.2, 0.25) is 0 Å². The molecule has 176 valence electrons. The molecular formula is C23H26ClFN4O4. The standard InChI is InChI=1S/C23H26ClFN4O4/c1-31-21-11-20-17(23(27-14-26-20)28-15-3-4-19(25)18(24)9-15)10-22(21)33-7-2-5-29-6-8-32-16(12-29)13-30/h3-4,9-11,14,16,30H,2,5-8,12-13H2,1H3,(H,26,27,28)/t16-/m0/s1. The fourth-order valence-corrected chi connectivity index (χ4v) is 3.89. The van der Waals surface area contributed by atoms with Gasteiger partial charge in [-0.15, -0.1) is 0 Å². The SMILES string of the molecule is COc1cc2ncnc(Nc3ccc(F)c(Cl)c3)c2cc1OCCCN1CCO[C@H](CO)C1. The minimum Gasteiger partial charge on any atom is -0.493 e. The Balaban J connectivity index is 1.47. The summed E-state index contributed by atoms with van der Waals surface area (Å²) in [6.45, 7) is 3.55. The first kappa shape index (κ1) is 23.4. The lowest BCUT2D eigenvalue weighted by atomic mass is 10.2. The number of fused-ring (bicyclic) bond motifs is 1. The van der Waals surface area contributed by atoms with E-state index in [-0.39, 0.29) is 17.7 Å². The van der Waals surface area contributed by atoms with Gasteiger partial charge in [0.15, 0.2) is 11.5 Å². The van der Waals surface area contributed by atoms with Crippen molar-refractivity contribution in [1.82, 2.24) is 14.9 Å². The highest BCUT2D eigenvalue weighted by Gasteiger charge is 2.19. The zero-order valence-corrected chi connectivity index (χ0v) is 19.0. The largest absolute Gasteiger partial charge is 0.493 e. The van der Waals surface area contributed by atoms with Gasteiger partial charge in [0.05, 0.1) is 43.6 Å². The number of nitrogens with one attached hydrogen (secondary N) is 1. The molecule has 3 aromatic rings. The van der Waals surface area contributed by atoms with Crippen molar-refractivity contribution in [3.8, 4) is 11.5 Å².